The van der Waals surface area contributed by atoms with Gasteiger partial charge in [-0.1, -0.05) is 0 Å². The van der Waals surface area contributed by atoms with Crippen molar-refractivity contribution in [1.29, 1.82) is 0 Å². The van der Waals surface area contributed by atoms with E-state index in [2.05, 4.69) is 5.32 Å². The van der Waals surface area contributed by atoms with Crippen LogP contribution < -0.4 is 34.9 Å². The van der Waals surface area contributed by atoms with Gasteiger partial charge < -0.3 is 16.6 Å². The van der Waals surface area contributed by atoms with Crippen molar-refractivity contribution in [3.63, 3.8) is 0 Å². The Morgan fingerprint density at radius 3 is 2.23 bits per heavy atom. The minimum atomic E-state index is -1.10. The Balaban J connectivity index is -0.000000605. The first-order valence-electron chi connectivity index (χ1n) is 3.50. The van der Waals surface area contributed by atoms with E-state index < -0.39 is 24.2 Å². The number of carbonyl (C=O) groups is 2. The van der Waals surface area contributed by atoms with Gasteiger partial charge in [0.25, 0.3) is 0 Å². The molecule has 0 saturated heterocycles. The van der Waals surface area contributed by atoms with Crippen molar-refractivity contribution in [2.45, 2.75) is 26.4 Å². The van der Waals surface area contributed by atoms with Gasteiger partial charge in [0.1, 0.15) is 12.1 Å². The third-order valence-corrected chi connectivity index (χ3v) is 0.783. The number of carbonyl (C=O) groups excluding carboxylic acids is 1. The van der Waals surface area contributed by atoms with E-state index in [1.165, 1.54) is 0 Å². The van der Waals surface area contributed by atoms with E-state index in [4.69, 9.17) is 9.84 Å². The van der Waals surface area contributed by atoms with Crippen LogP contribution in [0.5, 0.6) is 0 Å². The fourth-order valence-electron chi connectivity index (χ4n) is 0.462. The smallest absolute Gasteiger partial charge is 1.00 e. The summed E-state index contributed by atoms with van der Waals surface area (Å²) in [6.45, 7) is 4.68. The molecule has 0 aliphatic heterocycles. The summed E-state index contributed by atoms with van der Waals surface area (Å²) in [5.41, 5.74) is -0.595. The topological polar surface area (TPSA) is 75.6 Å². The monoisotopic (exact) mass is 199 g/mol. The fraction of sp³-hybridized carbons (Fsp3) is 0.714. The van der Waals surface area contributed by atoms with Gasteiger partial charge in [0.05, 0.1) is 0 Å². The first-order valence-corrected chi connectivity index (χ1v) is 3.50. The Bertz CT molecular complexity index is 193. The minimum absolute atomic E-state index is 0. The molecule has 0 aromatic heterocycles. The Labute approximate surface area is 101 Å². The maximum atomic E-state index is 10.8. The van der Waals surface area contributed by atoms with E-state index in [1.807, 2.05) is 0 Å². The number of nitrogens with one attached hydrogen (secondary N) is 1. The number of hydrogen-bond acceptors (Lipinski definition) is 3. The Hall–Kier alpha value is -0.260. The largest absolute Gasteiger partial charge is 1.00 e. The second-order valence-electron chi connectivity index (χ2n) is 3.25. The Kier molecular flexibility index (Phi) is 7.30. The standard InChI is InChI=1S/C7H13NO4.Na.H/c1-7(2,3)12-6(11)8-4-5(9)10;;/h4H2,1-3H3,(H,8,11)(H,9,10);;/q;+1;-1. The zero-order valence-corrected chi connectivity index (χ0v) is 10.4. The van der Waals surface area contributed by atoms with Crippen molar-refractivity contribution in [3.05, 3.63) is 0 Å². The maximum Gasteiger partial charge on any atom is 1.00 e. The number of carboxylic acid groups (broad SMARTS) is 1. The molecular formula is C7H14NNaO4. The van der Waals surface area contributed by atoms with Gasteiger partial charge in [0, 0.05) is 0 Å². The molecule has 0 heterocycles. The SMILES string of the molecule is CC(C)(C)OC(=O)NCC(=O)O.[H-].[Na+]. The zero-order chi connectivity index (χ0) is 9.78. The number of ether oxygens (including phenoxy) is 1. The molecule has 0 atom stereocenters. The molecule has 0 aliphatic rings. The first kappa shape index (κ1) is 15.2. The van der Waals surface area contributed by atoms with Crippen molar-refractivity contribution < 1.29 is 50.4 Å². The van der Waals surface area contributed by atoms with E-state index in [9.17, 15) is 9.59 Å². The van der Waals surface area contributed by atoms with Crippen molar-refractivity contribution in [2.75, 3.05) is 6.54 Å². The molecule has 5 nitrogen and oxygen atoms in total. The van der Waals surface area contributed by atoms with E-state index in [1.54, 1.807) is 20.8 Å². The van der Waals surface area contributed by atoms with Gasteiger partial charge in [0.15, 0.2) is 0 Å². The molecule has 0 rings (SSSR count). The second-order valence-corrected chi connectivity index (χ2v) is 3.25. The van der Waals surface area contributed by atoms with Crippen LogP contribution in [0.15, 0.2) is 0 Å². The quantitative estimate of drug-likeness (QED) is 0.491. The summed E-state index contributed by atoms with van der Waals surface area (Å²) in [7, 11) is 0. The number of alkyl carbamates (subject to hydrolysis) is 1. The predicted molar refractivity (Wildman–Crippen MR) is 43.0 cm³/mol. The van der Waals surface area contributed by atoms with Gasteiger partial charge >= 0.3 is 41.6 Å². The van der Waals surface area contributed by atoms with Crippen LogP contribution in [0.2, 0.25) is 0 Å². The maximum absolute atomic E-state index is 10.8. The summed E-state index contributed by atoms with van der Waals surface area (Å²) >= 11 is 0. The van der Waals surface area contributed by atoms with Crippen molar-refractivity contribution in [2.24, 2.45) is 0 Å². The van der Waals surface area contributed by atoms with Crippen LogP contribution in [0.25, 0.3) is 0 Å². The van der Waals surface area contributed by atoms with Crippen LogP contribution in [0, 0.1) is 0 Å². The molecule has 2 N–H and O–H groups in total. The van der Waals surface area contributed by atoms with Crippen molar-refractivity contribution in [1.82, 2.24) is 5.32 Å². The molecule has 1 amide bonds. The molecule has 72 valence electrons. The van der Waals surface area contributed by atoms with Gasteiger partial charge in [-0.05, 0) is 20.8 Å². The van der Waals surface area contributed by atoms with Crippen LogP contribution >= 0.6 is 0 Å². The molecule has 0 aromatic rings. The first-order chi connectivity index (χ1) is 5.31. The molecule has 0 fully saturated rings. The van der Waals surface area contributed by atoms with Gasteiger partial charge in [-0.25, -0.2) is 4.79 Å². The number of aliphatic carboxylic acids is 1. The fourth-order valence-corrected chi connectivity index (χ4v) is 0.462. The molecule has 0 saturated carbocycles. The van der Waals surface area contributed by atoms with E-state index >= 15 is 0 Å². The minimum Gasteiger partial charge on any atom is -1.00 e. The molecule has 6 heteroatoms. The normalized spacial score (nSPS) is 9.77. The predicted octanol–water partition coefficient (Wildman–Crippen LogP) is -2.29. The zero-order valence-electron chi connectivity index (χ0n) is 9.38. The van der Waals surface area contributed by atoms with Crippen molar-refractivity contribution in [3.8, 4) is 0 Å². The summed E-state index contributed by atoms with van der Waals surface area (Å²) in [5, 5.41) is 10.3. The van der Waals surface area contributed by atoms with Crippen LogP contribution in [-0.2, 0) is 9.53 Å². The molecule has 0 bridgehead atoms. The summed E-state index contributed by atoms with van der Waals surface area (Å²) in [4.78, 5) is 20.8. The summed E-state index contributed by atoms with van der Waals surface area (Å²) in [6.07, 6.45) is -0.718. The average molecular weight is 199 g/mol. The molecule has 0 spiro atoms. The number of carboxylic acids is 1. The molecule has 0 unspecified atom stereocenters. The summed E-state index contributed by atoms with van der Waals surface area (Å²) in [6, 6.07) is 0. The molecule has 0 aliphatic carbocycles. The van der Waals surface area contributed by atoms with E-state index in [-0.39, 0.29) is 31.0 Å². The molecule has 13 heavy (non-hydrogen) atoms. The summed E-state index contributed by atoms with van der Waals surface area (Å²) in [5.74, 6) is -1.10. The molecular weight excluding hydrogens is 185 g/mol. The van der Waals surface area contributed by atoms with Gasteiger partial charge in [-0.2, -0.15) is 0 Å². The van der Waals surface area contributed by atoms with Gasteiger partial charge in [-0.3, -0.25) is 4.79 Å². The van der Waals surface area contributed by atoms with Gasteiger partial charge in [0.2, 0.25) is 0 Å². The molecule has 0 radical (unpaired) electrons. The third-order valence-electron chi connectivity index (χ3n) is 0.783. The van der Waals surface area contributed by atoms with E-state index in [0.29, 0.717) is 0 Å². The van der Waals surface area contributed by atoms with Crippen LogP contribution in [0.1, 0.15) is 22.2 Å². The average Bonchev–Trinajstić information content (AvgIpc) is 1.79. The Morgan fingerprint density at radius 2 is 1.92 bits per heavy atom. The van der Waals surface area contributed by atoms with Crippen LogP contribution in [0.4, 0.5) is 4.79 Å². The third kappa shape index (κ3) is 11.7. The summed E-state index contributed by atoms with van der Waals surface area (Å²) < 4.78 is 4.77. The van der Waals surface area contributed by atoms with Crippen LogP contribution in [-0.4, -0.2) is 29.3 Å². The number of hydrogen-bond donors (Lipinski definition) is 2. The molecule has 0 aromatic carbocycles. The van der Waals surface area contributed by atoms with E-state index in [0.717, 1.165) is 0 Å². The van der Waals surface area contributed by atoms with Gasteiger partial charge in [-0.15, -0.1) is 0 Å². The number of amides is 1. The number of rotatable bonds is 2. The van der Waals surface area contributed by atoms with Crippen molar-refractivity contribution >= 4 is 12.1 Å². The van der Waals surface area contributed by atoms with Crippen LogP contribution in [0.3, 0.4) is 0 Å². The Morgan fingerprint density at radius 1 is 1.46 bits per heavy atom. The second kappa shape index (κ2) is 6.23.